The van der Waals surface area contributed by atoms with Crippen LogP contribution in [0, 0.1) is 5.82 Å². The third-order valence-corrected chi connectivity index (χ3v) is 3.95. The second kappa shape index (κ2) is 7.04. The van der Waals surface area contributed by atoms with Crippen LogP contribution in [0.1, 0.15) is 20.8 Å². The van der Waals surface area contributed by atoms with E-state index in [1.165, 1.54) is 6.07 Å². The number of nitrogens with zero attached hydrogens (tertiary/aromatic N) is 2. The highest BCUT2D eigenvalue weighted by Gasteiger charge is 2.22. The summed E-state index contributed by atoms with van der Waals surface area (Å²) in [5.41, 5.74) is 0.736. The molecule has 0 bridgehead atoms. The second-order valence-corrected chi connectivity index (χ2v) is 5.89. The van der Waals surface area contributed by atoms with E-state index in [0.29, 0.717) is 12.1 Å². The Balaban J connectivity index is 1.85. The summed E-state index contributed by atoms with van der Waals surface area (Å²) in [6.45, 7) is 11.4. The molecule has 1 unspecified atom stereocenters. The van der Waals surface area contributed by atoms with Crippen molar-refractivity contribution in [1.82, 2.24) is 10.2 Å². The lowest BCUT2D eigenvalue weighted by molar-refractivity contribution is 0.190. The van der Waals surface area contributed by atoms with Crippen LogP contribution in [0.4, 0.5) is 10.1 Å². The topological polar surface area (TPSA) is 18.5 Å². The van der Waals surface area contributed by atoms with Crippen LogP contribution < -0.4 is 10.2 Å². The van der Waals surface area contributed by atoms with Crippen LogP contribution in [-0.4, -0.2) is 49.7 Å². The van der Waals surface area contributed by atoms with Gasteiger partial charge in [0.1, 0.15) is 5.82 Å². The first-order valence-electron chi connectivity index (χ1n) is 7.55. The van der Waals surface area contributed by atoms with E-state index in [4.69, 9.17) is 0 Å². The van der Waals surface area contributed by atoms with Crippen LogP contribution in [0.15, 0.2) is 24.3 Å². The minimum atomic E-state index is -0.115. The maximum absolute atomic E-state index is 13.8. The van der Waals surface area contributed by atoms with E-state index < -0.39 is 0 Å². The van der Waals surface area contributed by atoms with Crippen molar-refractivity contribution >= 4 is 5.69 Å². The summed E-state index contributed by atoms with van der Waals surface area (Å²) in [6, 6.07) is 8.11. The minimum Gasteiger partial charge on any atom is -0.367 e. The van der Waals surface area contributed by atoms with Gasteiger partial charge >= 0.3 is 0 Å². The lowest BCUT2D eigenvalue weighted by atomic mass is 10.2. The van der Waals surface area contributed by atoms with E-state index in [0.717, 1.165) is 38.4 Å². The summed E-state index contributed by atoms with van der Waals surface area (Å²) in [5, 5.41) is 3.48. The zero-order valence-electron chi connectivity index (χ0n) is 12.8. The number of anilines is 1. The van der Waals surface area contributed by atoms with Gasteiger partial charge in [0.15, 0.2) is 0 Å². The van der Waals surface area contributed by atoms with Gasteiger partial charge in [-0.1, -0.05) is 26.0 Å². The largest absolute Gasteiger partial charge is 0.367 e. The average molecular weight is 279 g/mol. The van der Waals surface area contributed by atoms with Gasteiger partial charge in [-0.15, -0.1) is 0 Å². The van der Waals surface area contributed by atoms with Crippen molar-refractivity contribution in [2.75, 3.05) is 37.6 Å². The molecule has 1 atom stereocenters. The van der Waals surface area contributed by atoms with Crippen molar-refractivity contribution in [3.63, 3.8) is 0 Å². The molecule has 0 aromatic heterocycles. The van der Waals surface area contributed by atoms with Crippen molar-refractivity contribution in [3.8, 4) is 0 Å². The van der Waals surface area contributed by atoms with Gasteiger partial charge in [-0.3, -0.25) is 4.90 Å². The minimum absolute atomic E-state index is 0.115. The zero-order valence-corrected chi connectivity index (χ0v) is 12.8. The van der Waals surface area contributed by atoms with Crippen LogP contribution in [0.5, 0.6) is 0 Å². The van der Waals surface area contributed by atoms with Gasteiger partial charge in [0.05, 0.1) is 5.69 Å². The SMILES string of the molecule is CC(C)NCC(C)N1CCN(c2ccccc2F)CC1. The molecular formula is C16H26FN3. The monoisotopic (exact) mass is 279 g/mol. The van der Waals surface area contributed by atoms with Gasteiger partial charge < -0.3 is 10.2 Å². The maximum atomic E-state index is 13.8. The lowest BCUT2D eigenvalue weighted by Crippen LogP contribution is -2.52. The van der Waals surface area contributed by atoms with Gasteiger partial charge in [-0.2, -0.15) is 0 Å². The fraction of sp³-hybridized carbons (Fsp3) is 0.625. The summed E-state index contributed by atoms with van der Waals surface area (Å²) in [6.07, 6.45) is 0. The third kappa shape index (κ3) is 3.93. The molecule has 112 valence electrons. The molecule has 1 aromatic carbocycles. The van der Waals surface area contributed by atoms with E-state index >= 15 is 0 Å². The summed E-state index contributed by atoms with van der Waals surface area (Å²) in [4.78, 5) is 4.63. The van der Waals surface area contributed by atoms with E-state index in [2.05, 4.69) is 35.9 Å². The van der Waals surface area contributed by atoms with Gasteiger partial charge in [0.2, 0.25) is 0 Å². The van der Waals surface area contributed by atoms with E-state index in [1.807, 2.05) is 12.1 Å². The molecule has 3 nitrogen and oxygen atoms in total. The molecule has 0 amide bonds. The second-order valence-electron chi connectivity index (χ2n) is 5.89. The van der Waals surface area contributed by atoms with Crippen molar-refractivity contribution in [2.45, 2.75) is 32.9 Å². The number of halogens is 1. The summed E-state index contributed by atoms with van der Waals surface area (Å²) in [5.74, 6) is -0.115. The number of hydrogen-bond acceptors (Lipinski definition) is 3. The Morgan fingerprint density at radius 3 is 2.35 bits per heavy atom. The van der Waals surface area contributed by atoms with Gasteiger partial charge in [0.25, 0.3) is 0 Å². The highest BCUT2D eigenvalue weighted by Crippen LogP contribution is 2.20. The first-order chi connectivity index (χ1) is 9.58. The maximum Gasteiger partial charge on any atom is 0.146 e. The molecule has 1 aliphatic rings. The normalized spacial score (nSPS) is 18.6. The summed E-state index contributed by atoms with van der Waals surface area (Å²) >= 11 is 0. The van der Waals surface area contributed by atoms with Crippen molar-refractivity contribution in [1.29, 1.82) is 0 Å². The smallest absolute Gasteiger partial charge is 0.146 e. The Morgan fingerprint density at radius 2 is 1.75 bits per heavy atom. The highest BCUT2D eigenvalue weighted by molar-refractivity contribution is 5.47. The van der Waals surface area contributed by atoms with E-state index in [1.54, 1.807) is 6.07 Å². The Labute approximate surface area is 121 Å². The zero-order chi connectivity index (χ0) is 14.5. The third-order valence-electron chi connectivity index (χ3n) is 3.95. The van der Waals surface area contributed by atoms with Crippen LogP contribution in [-0.2, 0) is 0 Å². The molecule has 1 aromatic rings. The Kier molecular flexibility index (Phi) is 5.38. The summed E-state index contributed by atoms with van der Waals surface area (Å²) < 4.78 is 13.8. The molecule has 1 N–H and O–H groups in total. The predicted molar refractivity (Wildman–Crippen MR) is 82.8 cm³/mol. The molecule has 4 heteroatoms. The number of para-hydroxylation sites is 1. The molecule has 1 saturated heterocycles. The Hall–Kier alpha value is -1.13. The fourth-order valence-electron chi connectivity index (χ4n) is 2.65. The van der Waals surface area contributed by atoms with Crippen LogP contribution in [0.3, 0.4) is 0 Å². The number of nitrogens with one attached hydrogen (secondary N) is 1. The van der Waals surface area contributed by atoms with Crippen molar-refractivity contribution in [3.05, 3.63) is 30.1 Å². The fourth-order valence-corrected chi connectivity index (χ4v) is 2.65. The predicted octanol–water partition coefficient (Wildman–Crippen LogP) is 2.33. The number of benzene rings is 1. The molecule has 1 aliphatic heterocycles. The van der Waals surface area contributed by atoms with E-state index in [9.17, 15) is 4.39 Å². The van der Waals surface area contributed by atoms with Gasteiger partial charge in [-0.25, -0.2) is 4.39 Å². The highest BCUT2D eigenvalue weighted by atomic mass is 19.1. The Morgan fingerprint density at radius 1 is 1.10 bits per heavy atom. The molecule has 1 heterocycles. The van der Waals surface area contributed by atoms with Crippen LogP contribution >= 0.6 is 0 Å². The quantitative estimate of drug-likeness (QED) is 0.892. The molecule has 0 radical (unpaired) electrons. The standard InChI is InChI=1S/C16H26FN3/c1-13(2)18-12-14(3)19-8-10-20(11-9-19)16-7-5-4-6-15(16)17/h4-7,13-14,18H,8-12H2,1-3H3. The van der Waals surface area contributed by atoms with E-state index in [-0.39, 0.29) is 5.82 Å². The number of hydrogen-bond donors (Lipinski definition) is 1. The first kappa shape index (κ1) is 15.3. The molecule has 0 spiro atoms. The molecule has 1 fully saturated rings. The average Bonchev–Trinajstić information content (AvgIpc) is 2.45. The Bertz CT molecular complexity index is 414. The van der Waals surface area contributed by atoms with Crippen LogP contribution in [0.2, 0.25) is 0 Å². The molecule has 2 rings (SSSR count). The van der Waals surface area contributed by atoms with Gasteiger partial charge in [-0.05, 0) is 19.1 Å². The number of rotatable bonds is 5. The number of piperazine rings is 1. The lowest BCUT2D eigenvalue weighted by Gasteiger charge is -2.39. The van der Waals surface area contributed by atoms with Crippen molar-refractivity contribution in [2.24, 2.45) is 0 Å². The molecule has 0 saturated carbocycles. The molecular weight excluding hydrogens is 253 g/mol. The summed E-state index contributed by atoms with van der Waals surface area (Å²) in [7, 11) is 0. The molecule has 20 heavy (non-hydrogen) atoms. The molecule has 0 aliphatic carbocycles. The van der Waals surface area contributed by atoms with Crippen molar-refractivity contribution < 1.29 is 4.39 Å². The van der Waals surface area contributed by atoms with Crippen LogP contribution in [0.25, 0.3) is 0 Å². The first-order valence-corrected chi connectivity index (χ1v) is 7.55. The van der Waals surface area contributed by atoms with Gasteiger partial charge in [0, 0.05) is 44.8 Å².